The van der Waals surface area contributed by atoms with Crippen LogP contribution in [0.1, 0.15) is 22.7 Å². The van der Waals surface area contributed by atoms with Crippen molar-refractivity contribution in [3.8, 4) is 0 Å². The summed E-state index contributed by atoms with van der Waals surface area (Å²) < 4.78 is 5.83. The molecular formula is C15H16BrNO2S. The van der Waals surface area contributed by atoms with Crippen molar-refractivity contribution >= 4 is 38.9 Å². The third-order valence-electron chi connectivity index (χ3n) is 2.93. The average Bonchev–Trinajstić information content (AvgIpc) is 2.94. The Morgan fingerprint density at radius 2 is 2.10 bits per heavy atom. The molecule has 1 aromatic carbocycles. The quantitative estimate of drug-likeness (QED) is 0.809. The minimum Gasteiger partial charge on any atom is -0.467 e. The number of carbonyl (C=O) groups excluding carboxylic acids is 1. The lowest BCUT2D eigenvalue weighted by molar-refractivity contribution is -0.141. The molecule has 0 bridgehead atoms. The summed E-state index contributed by atoms with van der Waals surface area (Å²) in [5.41, 5.74) is 0.870. The number of aryl methyl sites for hydroxylation is 1. The molecule has 1 heterocycles. The van der Waals surface area contributed by atoms with Gasteiger partial charge in [0.2, 0.25) is 0 Å². The molecule has 0 aliphatic carbocycles. The molecule has 0 spiro atoms. The number of carbonyl (C=O) groups is 1. The maximum Gasteiger partial charge on any atom is 0.333 e. The number of esters is 1. The molecular weight excluding hydrogens is 338 g/mol. The molecule has 1 atom stereocenters. The molecule has 1 unspecified atom stereocenters. The number of anilines is 1. The van der Waals surface area contributed by atoms with Crippen LogP contribution in [0, 0.1) is 0 Å². The van der Waals surface area contributed by atoms with Gasteiger partial charge in [-0.15, -0.1) is 11.3 Å². The molecule has 0 fully saturated rings. The Morgan fingerprint density at radius 1 is 1.35 bits per heavy atom. The van der Waals surface area contributed by atoms with Crippen LogP contribution in [0.3, 0.4) is 0 Å². The second-order valence-electron chi connectivity index (χ2n) is 4.24. The molecule has 20 heavy (non-hydrogen) atoms. The number of hydrogen-bond acceptors (Lipinski definition) is 4. The van der Waals surface area contributed by atoms with Crippen molar-refractivity contribution in [3.05, 3.63) is 50.6 Å². The van der Waals surface area contributed by atoms with E-state index in [9.17, 15) is 4.79 Å². The van der Waals surface area contributed by atoms with Crippen molar-refractivity contribution in [1.82, 2.24) is 0 Å². The van der Waals surface area contributed by atoms with Gasteiger partial charge in [0.1, 0.15) is 0 Å². The maximum atomic E-state index is 12.0. The molecule has 1 N–H and O–H groups in total. The fourth-order valence-electron chi connectivity index (χ4n) is 1.84. The van der Waals surface area contributed by atoms with Crippen LogP contribution in [0.25, 0.3) is 0 Å². The molecule has 5 heteroatoms. The zero-order valence-corrected chi connectivity index (χ0v) is 13.8. The van der Waals surface area contributed by atoms with E-state index in [0.717, 1.165) is 21.5 Å². The van der Waals surface area contributed by atoms with Crippen molar-refractivity contribution in [2.24, 2.45) is 0 Å². The summed E-state index contributed by atoms with van der Waals surface area (Å²) in [5, 5.41) is 3.24. The van der Waals surface area contributed by atoms with E-state index in [4.69, 9.17) is 4.74 Å². The highest BCUT2D eigenvalue weighted by Crippen LogP contribution is 2.30. The van der Waals surface area contributed by atoms with E-state index < -0.39 is 6.04 Å². The Labute approximate surface area is 131 Å². The second-order valence-corrected chi connectivity index (χ2v) is 6.29. The van der Waals surface area contributed by atoms with Crippen LogP contribution >= 0.6 is 27.3 Å². The first-order valence-electron chi connectivity index (χ1n) is 6.33. The van der Waals surface area contributed by atoms with Gasteiger partial charge in [0, 0.05) is 19.9 Å². The van der Waals surface area contributed by atoms with E-state index >= 15 is 0 Å². The van der Waals surface area contributed by atoms with Crippen LogP contribution in [0.4, 0.5) is 5.69 Å². The lowest BCUT2D eigenvalue weighted by atomic mass is 10.2. The van der Waals surface area contributed by atoms with Gasteiger partial charge in [-0.2, -0.15) is 0 Å². The van der Waals surface area contributed by atoms with Gasteiger partial charge < -0.3 is 10.1 Å². The zero-order valence-electron chi connectivity index (χ0n) is 11.4. The van der Waals surface area contributed by atoms with Crippen LogP contribution in [0.2, 0.25) is 0 Å². The summed E-state index contributed by atoms with van der Waals surface area (Å²) in [6, 6.07) is 11.3. The Bertz CT molecular complexity index is 597. The first-order valence-corrected chi connectivity index (χ1v) is 7.94. The number of hydrogen-bond donors (Lipinski definition) is 1. The third-order valence-corrected chi connectivity index (χ3v) is 4.91. The van der Waals surface area contributed by atoms with E-state index in [1.807, 2.05) is 30.3 Å². The smallest absolute Gasteiger partial charge is 0.333 e. The van der Waals surface area contributed by atoms with Gasteiger partial charge in [-0.05, 0) is 46.6 Å². The molecule has 0 aliphatic heterocycles. The van der Waals surface area contributed by atoms with Crippen molar-refractivity contribution in [3.63, 3.8) is 0 Å². The van der Waals surface area contributed by atoms with Gasteiger partial charge in [-0.3, -0.25) is 0 Å². The summed E-state index contributed by atoms with van der Waals surface area (Å²) in [6.07, 6.45) is 0.966. The number of halogens is 1. The number of benzene rings is 1. The largest absolute Gasteiger partial charge is 0.467 e. The van der Waals surface area contributed by atoms with Crippen LogP contribution in [-0.2, 0) is 16.0 Å². The fourth-order valence-corrected chi connectivity index (χ4v) is 3.23. The fraction of sp³-hybridized carbons (Fsp3) is 0.267. The molecule has 0 amide bonds. The molecule has 0 saturated heterocycles. The second kappa shape index (κ2) is 6.90. The third kappa shape index (κ3) is 3.41. The van der Waals surface area contributed by atoms with Crippen LogP contribution < -0.4 is 5.32 Å². The Hall–Kier alpha value is -1.33. The average molecular weight is 354 g/mol. The van der Waals surface area contributed by atoms with Gasteiger partial charge in [-0.1, -0.05) is 19.1 Å². The molecule has 0 aliphatic rings. The molecule has 2 aromatic rings. The van der Waals surface area contributed by atoms with E-state index in [1.54, 1.807) is 11.3 Å². The maximum absolute atomic E-state index is 12.0. The highest BCUT2D eigenvalue weighted by molar-refractivity contribution is 9.10. The lowest BCUT2D eigenvalue weighted by Gasteiger charge is -2.17. The topological polar surface area (TPSA) is 38.3 Å². The monoisotopic (exact) mass is 353 g/mol. The van der Waals surface area contributed by atoms with Crippen LogP contribution in [0.5, 0.6) is 0 Å². The number of rotatable bonds is 5. The molecule has 0 radical (unpaired) electrons. The summed E-state index contributed by atoms with van der Waals surface area (Å²) in [7, 11) is 1.41. The highest BCUT2D eigenvalue weighted by Gasteiger charge is 2.23. The van der Waals surface area contributed by atoms with Crippen molar-refractivity contribution in [2.75, 3.05) is 12.4 Å². The normalized spacial score (nSPS) is 11.9. The first-order chi connectivity index (χ1) is 9.65. The minimum absolute atomic E-state index is 0.287. The summed E-state index contributed by atoms with van der Waals surface area (Å²) in [5.74, 6) is -0.287. The first kappa shape index (κ1) is 15.1. The van der Waals surface area contributed by atoms with Gasteiger partial charge in [0.15, 0.2) is 6.04 Å². The predicted octanol–water partition coefficient (Wildman–Crippen LogP) is 4.40. The molecule has 0 saturated carbocycles. The SMILES string of the molecule is CCc1ccc(C(Nc2ccccc2Br)C(=O)OC)s1. The van der Waals surface area contributed by atoms with E-state index in [2.05, 4.69) is 34.2 Å². The summed E-state index contributed by atoms with van der Waals surface area (Å²) >= 11 is 5.11. The Balaban J connectivity index is 2.29. The standard InChI is InChI=1S/C15H16BrNO2S/c1-3-10-8-9-13(20-10)14(15(18)19-2)17-12-7-5-4-6-11(12)16/h4-9,14,17H,3H2,1-2H3. The lowest BCUT2D eigenvalue weighted by Crippen LogP contribution is -2.21. The zero-order chi connectivity index (χ0) is 14.5. The summed E-state index contributed by atoms with van der Waals surface area (Å²) in [4.78, 5) is 14.2. The number of thiophene rings is 1. The van der Waals surface area contributed by atoms with E-state index in [0.29, 0.717) is 0 Å². The molecule has 1 aromatic heterocycles. The molecule has 2 rings (SSSR count). The van der Waals surface area contributed by atoms with Gasteiger partial charge in [0.05, 0.1) is 7.11 Å². The number of methoxy groups -OCH3 is 1. The van der Waals surface area contributed by atoms with Crippen LogP contribution in [-0.4, -0.2) is 13.1 Å². The van der Waals surface area contributed by atoms with Crippen molar-refractivity contribution in [2.45, 2.75) is 19.4 Å². The Kier molecular flexibility index (Phi) is 5.20. The van der Waals surface area contributed by atoms with Gasteiger partial charge >= 0.3 is 5.97 Å². The minimum atomic E-state index is -0.482. The van der Waals surface area contributed by atoms with E-state index in [1.165, 1.54) is 12.0 Å². The van der Waals surface area contributed by atoms with Crippen molar-refractivity contribution in [1.29, 1.82) is 0 Å². The predicted molar refractivity (Wildman–Crippen MR) is 86.2 cm³/mol. The number of para-hydroxylation sites is 1. The van der Waals surface area contributed by atoms with Gasteiger partial charge in [-0.25, -0.2) is 4.79 Å². The molecule has 3 nitrogen and oxygen atoms in total. The Morgan fingerprint density at radius 3 is 2.70 bits per heavy atom. The van der Waals surface area contributed by atoms with Gasteiger partial charge in [0.25, 0.3) is 0 Å². The summed E-state index contributed by atoms with van der Waals surface area (Å²) in [6.45, 7) is 2.10. The van der Waals surface area contributed by atoms with E-state index in [-0.39, 0.29) is 5.97 Å². The molecule has 106 valence electrons. The van der Waals surface area contributed by atoms with Crippen LogP contribution in [0.15, 0.2) is 40.9 Å². The number of ether oxygens (including phenoxy) is 1. The number of nitrogens with one attached hydrogen (secondary N) is 1. The highest BCUT2D eigenvalue weighted by atomic mass is 79.9. The van der Waals surface area contributed by atoms with Crippen molar-refractivity contribution < 1.29 is 9.53 Å².